The van der Waals surface area contributed by atoms with Gasteiger partial charge in [-0.25, -0.2) is 5.90 Å². The predicted molar refractivity (Wildman–Crippen MR) is 283 cm³/mol. The van der Waals surface area contributed by atoms with Gasteiger partial charge in [-0.2, -0.15) is 0 Å². The number of amides is 2. The lowest BCUT2D eigenvalue weighted by Crippen LogP contribution is -2.24. The van der Waals surface area contributed by atoms with Gasteiger partial charge in [0.25, 0.3) is 0 Å². The SMILES string of the molecule is CC1=C(/C=C/C(C)=C/C=C/C(C)=C/C(=O)Nc2ccc(O)cc2)C(C)(C)CC/C1=N/OCCN.CC1=C(/C=C/C(C)=C/C=C/C(C)=C/C(=O)Nc2ccc(O)cc2)C(C)(C)CCC1=O.NCCON. The van der Waals surface area contributed by atoms with Gasteiger partial charge in [-0.05, 0) is 154 Å². The molecule has 0 bridgehead atoms. The fourth-order valence-corrected chi connectivity index (χ4v) is 7.08. The molecule has 0 aliphatic heterocycles. The Bertz CT molecular complexity index is 2390. The zero-order valence-corrected chi connectivity index (χ0v) is 42.3. The Morgan fingerprint density at radius 3 is 1.48 bits per heavy atom. The van der Waals surface area contributed by atoms with Crippen molar-refractivity contribution in [2.45, 2.75) is 94.9 Å². The zero-order chi connectivity index (χ0) is 51.6. The lowest BCUT2D eigenvalue weighted by Gasteiger charge is -2.33. The number of nitrogens with one attached hydrogen (secondary N) is 2. The van der Waals surface area contributed by atoms with E-state index in [0.717, 1.165) is 64.0 Å². The van der Waals surface area contributed by atoms with Crippen LogP contribution in [0.2, 0.25) is 0 Å². The van der Waals surface area contributed by atoms with Gasteiger partial charge in [0.05, 0.1) is 12.3 Å². The molecule has 0 unspecified atom stereocenters. The molecule has 4 rings (SSSR count). The van der Waals surface area contributed by atoms with E-state index in [-0.39, 0.29) is 39.9 Å². The van der Waals surface area contributed by atoms with Crippen molar-refractivity contribution >= 4 is 34.7 Å². The number of nitrogens with zero attached hydrogens (tertiary/aromatic N) is 1. The number of allylic oxidation sites excluding steroid dienone is 18. The lowest BCUT2D eigenvalue weighted by atomic mass is 9.72. The maximum absolute atomic E-state index is 12.1. The molecular formula is C56H76N6O7. The number of ketones is 1. The van der Waals surface area contributed by atoms with Gasteiger partial charge in [-0.3, -0.25) is 14.4 Å². The van der Waals surface area contributed by atoms with Crippen LogP contribution >= 0.6 is 0 Å². The van der Waals surface area contributed by atoms with Crippen LogP contribution < -0.4 is 28.0 Å². The van der Waals surface area contributed by atoms with Crippen molar-refractivity contribution in [2.75, 3.05) is 36.9 Å². The van der Waals surface area contributed by atoms with Gasteiger partial charge in [0.2, 0.25) is 11.8 Å². The number of benzene rings is 2. The first-order valence-corrected chi connectivity index (χ1v) is 23.1. The Kier molecular flexibility index (Phi) is 25.4. The maximum Gasteiger partial charge on any atom is 0.248 e. The van der Waals surface area contributed by atoms with E-state index in [1.54, 1.807) is 24.3 Å². The molecule has 0 fully saturated rings. The van der Waals surface area contributed by atoms with Gasteiger partial charge in [0.15, 0.2) is 5.78 Å². The lowest BCUT2D eigenvalue weighted by molar-refractivity contribution is -0.116. The second-order valence-corrected chi connectivity index (χ2v) is 18.1. The van der Waals surface area contributed by atoms with Crippen molar-refractivity contribution in [1.29, 1.82) is 0 Å². The van der Waals surface area contributed by atoms with Gasteiger partial charge in [0, 0.05) is 43.0 Å². The number of hydrogen-bond donors (Lipinski definition) is 7. The highest BCUT2D eigenvalue weighted by atomic mass is 16.6. The summed E-state index contributed by atoms with van der Waals surface area (Å²) in [6, 6.07) is 12.7. The number of Topliss-reactive ketones (excluding diaryl/α,β-unsaturated/α-hetero) is 1. The van der Waals surface area contributed by atoms with Crippen molar-refractivity contribution in [3.63, 3.8) is 0 Å². The number of nitrogens with two attached hydrogens (primary N) is 3. The fourth-order valence-electron chi connectivity index (χ4n) is 7.08. The Morgan fingerprint density at radius 1 is 0.652 bits per heavy atom. The van der Waals surface area contributed by atoms with Crippen molar-refractivity contribution in [3.05, 3.63) is 166 Å². The first-order valence-electron chi connectivity index (χ1n) is 23.1. The molecule has 2 aromatic carbocycles. The van der Waals surface area contributed by atoms with E-state index >= 15 is 0 Å². The van der Waals surface area contributed by atoms with Crippen molar-refractivity contribution in [2.24, 2.45) is 33.4 Å². The number of aromatic hydroxyl groups is 2. The van der Waals surface area contributed by atoms with Crippen molar-refractivity contribution < 1.29 is 34.3 Å². The molecule has 0 atom stereocenters. The molecule has 0 heterocycles. The molecular weight excluding hydrogens is 869 g/mol. The number of hydrogen-bond acceptors (Lipinski definition) is 11. The van der Waals surface area contributed by atoms with Crippen LogP contribution in [0, 0.1) is 10.8 Å². The Hall–Kier alpha value is -6.64. The molecule has 13 nitrogen and oxygen atoms in total. The molecule has 13 heteroatoms. The van der Waals surface area contributed by atoms with Crippen molar-refractivity contribution in [3.8, 4) is 11.5 Å². The summed E-state index contributed by atoms with van der Waals surface area (Å²) in [7, 11) is 0. The number of phenols is 2. The van der Waals surface area contributed by atoms with E-state index < -0.39 is 0 Å². The summed E-state index contributed by atoms with van der Waals surface area (Å²) in [5.41, 5.74) is 20.9. The fraction of sp³-hybridized carbons (Fsp3) is 0.357. The molecule has 0 spiro atoms. The van der Waals surface area contributed by atoms with E-state index in [0.29, 0.717) is 44.1 Å². The summed E-state index contributed by atoms with van der Waals surface area (Å²) in [4.78, 5) is 45.6. The number of carbonyl (C=O) groups is 3. The summed E-state index contributed by atoms with van der Waals surface area (Å²) in [6.45, 7) is 22.5. The molecule has 0 aromatic heterocycles. The Labute approximate surface area is 410 Å². The molecule has 2 aromatic rings. The minimum absolute atomic E-state index is 0.00873. The molecule has 10 N–H and O–H groups in total. The monoisotopic (exact) mass is 945 g/mol. The van der Waals surface area contributed by atoms with Gasteiger partial charge in [0.1, 0.15) is 18.1 Å². The maximum atomic E-state index is 12.1. The van der Waals surface area contributed by atoms with Crippen molar-refractivity contribution in [1.82, 2.24) is 0 Å². The van der Waals surface area contributed by atoms with Gasteiger partial charge < -0.3 is 42.0 Å². The Balaban J connectivity index is 0.000000433. The molecule has 0 saturated carbocycles. The van der Waals surface area contributed by atoms with Crippen LogP contribution in [-0.4, -0.2) is 59.8 Å². The molecule has 0 saturated heterocycles. The van der Waals surface area contributed by atoms with Crippen LogP contribution in [0.3, 0.4) is 0 Å². The second-order valence-electron chi connectivity index (χ2n) is 18.1. The zero-order valence-electron chi connectivity index (χ0n) is 42.3. The van der Waals surface area contributed by atoms with E-state index in [9.17, 15) is 24.6 Å². The molecule has 69 heavy (non-hydrogen) atoms. The minimum atomic E-state index is -0.227. The standard InChI is InChI=1S/C28H37N3O3.C26H31NO3.C2H8N2O/c1-20(7-6-8-21(2)19-27(33)30-23-10-12-24(32)13-11-23)9-14-25-22(3)26(31-34-18-17-29)15-16-28(25,4)5;1-18(9-14-23-20(3)24(29)15-16-26(23,4)5)7-6-8-19(2)17-25(30)27-21-10-12-22(28)13-11-21;3-1-2-5-4/h6-14,19,32H,15-18,29H2,1-5H3,(H,30,33);6-14,17,28H,15-16H2,1-5H3,(H,27,30);1-4H2/b8-6+,14-9+,20-7+,21-19+,31-26-;8-6+,14-9+,18-7+,19-17+;. The van der Waals surface area contributed by atoms with E-state index in [4.69, 9.17) is 16.3 Å². The Morgan fingerprint density at radius 2 is 1.07 bits per heavy atom. The smallest absolute Gasteiger partial charge is 0.248 e. The summed E-state index contributed by atoms with van der Waals surface area (Å²) in [5, 5.41) is 28.4. The molecule has 0 radical (unpaired) electrons. The van der Waals surface area contributed by atoms with E-state index in [2.05, 4.69) is 79.4 Å². The normalized spacial score (nSPS) is 17.3. The molecule has 372 valence electrons. The minimum Gasteiger partial charge on any atom is -0.508 e. The third-order valence-corrected chi connectivity index (χ3v) is 11.2. The van der Waals surface area contributed by atoms with E-state index in [1.807, 2.05) is 77.2 Å². The van der Waals surface area contributed by atoms with Gasteiger partial charge >= 0.3 is 0 Å². The average molecular weight is 945 g/mol. The molecule has 2 amide bonds. The second kappa shape index (κ2) is 30.0. The van der Waals surface area contributed by atoms with Crippen LogP contribution in [0.5, 0.6) is 11.5 Å². The van der Waals surface area contributed by atoms with Gasteiger partial charge in [-0.15, -0.1) is 0 Å². The molecule has 2 aliphatic rings. The molecule has 2 aliphatic carbocycles. The summed E-state index contributed by atoms with van der Waals surface area (Å²) in [6.07, 6.45) is 26.4. The van der Waals surface area contributed by atoms with E-state index in [1.165, 1.54) is 42.0 Å². The summed E-state index contributed by atoms with van der Waals surface area (Å²) in [5.74, 6) is 4.67. The first kappa shape index (κ1) is 58.5. The highest BCUT2D eigenvalue weighted by Gasteiger charge is 2.31. The topological polar surface area (TPSA) is 225 Å². The summed E-state index contributed by atoms with van der Waals surface area (Å²) >= 11 is 0. The first-order chi connectivity index (χ1) is 32.6. The quantitative estimate of drug-likeness (QED) is 0.0261. The van der Waals surface area contributed by atoms with Crippen LogP contribution in [0.1, 0.15) is 94.9 Å². The van der Waals surface area contributed by atoms with Gasteiger partial charge in [-0.1, -0.05) is 105 Å². The third-order valence-electron chi connectivity index (χ3n) is 11.2. The highest BCUT2D eigenvalue weighted by Crippen LogP contribution is 2.41. The number of oxime groups is 1. The number of carbonyl (C=O) groups excluding carboxylic acids is 3. The number of anilines is 2. The highest BCUT2D eigenvalue weighted by molar-refractivity contribution is 6.02. The third kappa shape index (κ3) is 22.3. The predicted octanol–water partition coefficient (Wildman–Crippen LogP) is 10.7. The van der Waals surface area contributed by atoms with Crippen LogP contribution in [0.15, 0.2) is 171 Å². The average Bonchev–Trinajstić information content (AvgIpc) is 3.28. The van der Waals surface area contributed by atoms with Crippen LogP contribution in [0.25, 0.3) is 0 Å². The largest absolute Gasteiger partial charge is 0.508 e. The summed E-state index contributed by atoms with van der Waals surface area (Å²) < 4.78 is 0. The van der Waals surface area contributed by atoms with Crippen LogP contribution in [-0.2, 0) is 24.1 Å². The number of phenolic OH excluding ortho intramolecular Hbond substituents is 2. The van der Waals surface area contributed by atoms with Crippen LogP contribution in [0.4, 0.5) is 11.4 Å². The number of rotatable bonds is 17.